The number of rotatable bonds is 6. The molecule has 1 fully saturated rings. The van der Waals surface area contributed by atoms with Crippen LogP contribution in [0.1, 0.15) is 18.4 Å². The van der Waals surface area contributed by atoms with Gasteiger partial charge in [0, 0.05) is 22.2 Å². The molecule has 0 radical (unpaired) electrons. The summed E-state index contributed by atoms with van der Waals surface area (Å²) in [6.45, 7) is -0.311. The van der Waals surface area contributed by atoms with Gasteiger partial charge in [-0.3, -0.25) is 24.1 Å². The van der Waals surface area contributed by atoms with Crippen LogP contribution in [0, 0.1) is 0 Å². The Morgan fingerprint density at radius 2 is 2.11 bits per heavy atom. The number of nitrogens with two attached hydrogens (primary N) is 1. The van der Waals surface area contributed by atoms with Gasteiger partial charge in [-0.25, -0.2) is 4.79 Å². The first-order valence-electron chi connectivity index (χ1n) is 7.73. The molecule has 1 aliphatic rings. The van der Waals surface area contributed by atoms with Gasteiger partial charge in [0.1, 0.15) is 12.6 Å². The zero-order valence-electron chi connectivity index (χ0n) is 14.2. The van der Waals surface area contributed by atoms with Crippen molar-refractivity contribution < 1.29 is 31.9 Å². The lowest BCUT2D eigenvalue weighted by Crippen LogP contribution is -2.53. The van der Waals surface area contributed by atoms with Crippen LogP contribution in [0.3, 0.4) is 0 Å². The third-order valence-electron chi connectivity index (χ3n) is 3.69. The molecule has 28 heavy (non-hydrogen) atoms. The molecule has 1 saturated heterocycles. The van der Waals surface area contributed by atoms with Gasteiger partial charge in [0.15, 0.2) is 0 Å². The van der Waals surface area contributed by atoms with Crippen molar-refractivity contribution in [2.24, 2.45) is 5.50 Å². The van der Waals surface area contributed by atoms with E-state index >= 15 is 0 Å². The summed E-state index contributed by atoms with van der Waals surface area (Å²) in [5, 5.41) is 3.00. The van der Waals surface area contributed by atoms with Crippen LogP contribution in [0.5, 0.6) is 0 Å². The summed E-state index contributed by atoms with van der Waals surface area (Å²) >= 11 is 11.7. The lowest BCUT2D eigenvalue weighted by molar-refractivity contribution is -0.130. The predicted octanol–water partition coefficient (Wildman–Crippen LogP) is 1.67. The van der Waals surface area contributed by atoms with Gasteiger partial charge in [-0.2, -0.15) is 8.42 Å². The Balaban J connectivity index is 1.98. The summed E-state index contributed by atoms with van der Waals surface area (Å²) in [6, 6.07) is 3.47. The highest BCUT2D eigenvalue weighted by atomic mass is 35.5. The molecule has 156 valence electrons. The highest BCUT2D eigenvalue weighted by Crippen LogP contribution is 2.40. The zero-order chi connectivity index (χ0) is 21.1. The van der Waals surface area contributed by atoms with Crippen LogP contribution < -0.4 is 15.3 Å². The molecule has 1 aliphatic heterocycles. The van der Waals surface area contributed by atoms with Crippen LogP contribution in [0.4, 0.5) is 4.79 Å². The molecule has 2 atom stereocenters. The van der Waals surface area contributed by atoms with Crippen molar-refractivity contribution >= 4 is 53.1 Å². The average molecular weight is 475 g/mol. The van der Waals surface area contributed by atoms with Gasteiger partial charge in [-0.1, -0.05) is 29.3 Å². The molecule has 0 aliphatic carbocycles. The van der Waals surface area contributed by atoms with Crippen molar-refractivity contribution in [1.82, 2.24) is 14.5 Å². The molecule has 0 aromatic heterocycles. The lowest BCUT2D eigenvalue weighted by atomic mass is 10.1. The largest absolute Gasteiger partial charge is 0.445 e. The average Bonchev–Trinajstić information content (AvgIpc) is 2.53. The van der Waals surface area contributed by atoms with Crippen LogP contribution in [-0.4, -0.2) is 42.2 Å². The fourth-order valence-electron chi connectivity index (χ4n) is 2.47. The Bertz CT molecular complexity index is 929. The summed E-state index contributed by atoms with van der Waals surface area (Å²) in [5.41, 5.74) is 5.85. The van der Waals surface area contributed by atoms with Gasteiger partial charge in [0.05, 0.1) is 0 Å². The number of hydrogen-bond acceptors (Lipinski definition) is 6. The van der Waals surface area contributed by atoms with E-state index in [1.54, 1.807) is 12.1 Å². The fourth-order valence-corrected chi connectivity index (χ4v) is 5.52. The van der Waals surface area contributed by atoms with E-state index in [1.807, 2.05) is 0 Å². The van der Waals surface area contributed by atoms with E-state index in [9.17, 15) is 22.6 Å². The standard InChI is InChI=1S/C13H17Cl2N4O7PS/c14-9-4-3-8(10(15)6-9)7-26-13(21)17-11-2-1-5-19(12(11)20)27(16,22)18-28(23,24)25/h3-4,6,11H,1-2,5,7H2,(H,17,21)(H3,16,18,22)(H,23,24,25)/t11-,27+/m0/s1. The molecule has 1 aromatic rings. The molecule has 0 spiro atoms. The Hall–Kier alpha value is -1.40. The molecule has 2 rings (SSSR count). The Morgan fingerprint density at radius 3 is 2.71 bits per heavy atom. The van der Waals surface area contributed by atoms with Crippen LogP contribution in [-0.2, 0) is 31.0 Å². The van der Waals surface area contributed by atoms with Crippen molar-refractivity contribution in [1.29, 1.82) is 0 Å². The Morgan fingerprint density at radius 1 is 1.43 bits per heavy atom. The molecule has 1 heterocycles. The molecule has 11 nitrogen and oxygen atoms in total. The molecule has 5 N–H and O–H groups in total. The molecule has 2 amide bonds. The number of ether oxygens (including phenoxy) is 1. The summed E-state index contributed by atoms with van der Waals surface area (Å²) in [6.07, 6.45) is -0.479. The maximum absolute atomic E-state index is 12.4. The van der Waals surface area contributed by atoms with E-state index in [0.717, 1.165) is 0 Å². The van der Waals surface area contributed by atoms with Crippen molar-refractivity contribution in [3.8, 4) is 0 Å². The van der Waals surface area contributed by atoms with Crippen LogP contribution in [0.2, 0.25) is 10.0 Å². The molecule has 1 aromatic carbocycles. The van der Waals surface area contributed by atoms with Crippen molar-refractivity contribution in [2.45, 2.75) is 25.5 Å². The van der Waals surface area contributed by atoms with Gasteiger partial charge in [-0.15, -0.1) is 4.49 Å². The number of nitrogens with zero attached hydrogens (tertiary/aromatic N) is 1. The van der Waals surface area contributed by atoms with Crippen molar-refractivity contribution in [3.63, 3.8) is 0 Å². The minimum atomic E-state index is -4.91. The smallest absolute Gasteiger partial charge is 0.408 e. The second-order valence-electron chi connectivity index (χ2n) is 5.80. The topological polar surface area (TPSA) is 168 Å². The maximum Gasteiger partial charge on any atom is 0.408 e. The normalized spacial score (nSPS) is 19.8. The molecule has 0 unspecified atom stereocenters. The third-order valence-corrected chi connectivity index (χ3v) is 7.36. The van der Waals surface area contributed by atoms with Gasteiger partial charge < -0.3 is 10.1 Å². The molecule has 15 heteroatoms. The summed E-state index contributed by atoms with van der Waals surface area (Å²) in [4.78, 5) is 24.4. The maximum atomic E-state index is 12.4. The number of benzene rings is 1. The minimum Gasteiger partial charge on any atom is -0.445 e. The number of hydrogen-bond donors (Lipinski definition) is 4. The van der Waals surface area contributed by atoms with E-state index in [2.05, 4.69) is 5.32 Å². The first-order valence-corrected chi connectivity index (χ1v) is 11.7. The molecular formula is C13H17Cl2N4O7PS. The first kappa shape index (κ1) is 22.9. The molecular weight excluding hydrogens is 458 g/mol. The highest BCUT2D eigenvalue weighted by Gasteiger charge is 2.40. The lowest BCUT2D eigenvalue weighted by Gasteiger charge is -2.35. The Labute approximate surface area is 170 Å². The summed E-state index contributed by atoms with van der Waals surface area (Å²) in [5.74, 6) is -0.880. The monoisotopic (exact) mass is 474 g/mol. The third kappa shape index (κ3) is 6.31. The van der Waals surface area contributed by atoms with Crippen molar-refractivity contribution in [3.05, 3.63) is 33.8 Å². The van der Waals surface area contributed by atoms with Gasteiger partial charge in [-0.05, 0) is 25.0 Å². The number of amides is 2. The number of nitrogens with one attached hydrogen (secondary N) is 2. The highest BCUT2D eigenvalue weighted by molar-refractivity contribution is 7.90. The van der Waals surface area contributed by atoms with E-state index in [1.165, 1.54) is 10.6 Å². The van der Waals surface area contributed by atoms with Gasteiger partial charge in [0.2, 0.25) is 0 Å². The SMILES string of the molecule is N[P@@](=O)(NS(=O)(=O)O)N1CCC[C@H](NC(=O)OCc2ccc(Cl)cc2Cl)C1=O. The molecule has 0 saturated carbocycles. The second kappa shape index (κ2) is 8.95. The number of halogens is 2. The van der Waals surface area contributed by atoms with Gasteiger partial charge >= 0.3 is 24.0 Å². The fraction of sp³-hybridized carbons (Fsp3) is 0.385. The van der Waals surface area contributed by atoms with E-state index < -0.39 is 35.9 Å². The van der Waals surface area contributed by atoms with E-state index in [0.29, 0.717) is 20.3 Å². The van der Waals surface area contributed by atoms with E-state index in [-0.39, 0.29) is 26.0 Å². The molecule has 0 bridgehead atoms. The zero-order valence-corrected chi connectivity index (χ0v) is 17.4. The van der Waals surface area contributed by atoms with Crippen LogP contribution in [0.15, 0.2) is 18.2 Å². The number of carbonyl (C=O) groups is 2. The van der Waals surface area contributed by atoms with Gasteiger partial charge in [0.25, 0.3) is 5.91 Å². The summed E-state index contributed by atoms with van der Waals surface area (Å²) in [7, 11) is -9.33. The first-order chi connectivity index (χ1) is 12.9. The quantitative estimate of drug-likeness (QED) is 0.356. The van der Waals surface area contributed by atoms with E-state index in [4.69, 9.17) is 38.0 Å². The van der Waals surface area contributed by atoms with Crippen LogP contribution >= 0.6 is 30.8 Å². The minimum absolute atomic E-state index is 0.122. The summed E-state index contributed by atoms with van der Waals surface area (Å²) < 4.78 is 49.7. The van der Waals surface area contributed by atoms with Crippen molar-refractivity contribution in [2.75, 3.05) is 6.54 Å². The number of piperidine rings is 1. The predicted molar refractivity (Wildman–Crippen MR) is 101 cm³/mol. The second-order valence-corrected chi connectivity index (χ2v) is 10.1. The Kier molecular flexibility index (Phi) is 7.32. The number of alkyl carbamates (subject to hydrolysis) is 1. The van der Waals surface area contributed by atoms with Crippen LogP contribution in [0.25, 0.3) is 0 Å². The number of carbonyl (C=O) groups excluding carboxylic acids is 2.